The van der Waals surface area contributed by atoms with E-state index in [4.69, 9.17) is 4.74 Å². The van der Waals surface area contributed by atoms with E-state index in [1.165, 1.54) is 10.6 Å². The fourth-order valence-electron chi connectivity index (χ4n) is 3.43. The molecule has 0 radical (unpaired) electrons. The first-order valence-corrected chi connectivity index (χ1v) is 9.47. The number of ether oxygens (including phenoxy) is 1. The van der Waals surface area contributed by atoms with Gasteiger partial charge in [0.05, 0.1) is 7.11 Å². The van der Waals surface area contributed by atoms with Gasteiger partial charge >= 0.3 is 0 Å². The van der Waals surface area contributed by atoms with Gasteiger partial charge in [0, 0.05) is 62.6 Å². The molecule has 0 atom stereocenters. The summed E-state index contributed by atoms with van der Waals surface area (Å²) in [4.78, 5) is 12.9. The van der Waals surface area contributed by atoms with E-state index in [-0.39, 0.29) is 5.54 Å². The molecule has 1 aromatic heterocycles. The highest BCUT2D eigenvalue weighted by Gasteiger charge is 2.33. The molecular formula is C19H28N4OS. The molecule has 0 aliphatic carbocycles. The van der Waals surface area contributed by atoms with E-state index in [1.54, 1.807) is 18.4 Å². The first-order valence-electron chi connectivity index (χ1n) is 8.65. The summed E-state index contributed by atoms with van der Waals surface area (Å²) in [5.41, 5.74) is 1.35. The van der Waals surface area contributed by atoms with E-state index in [2.05, 4.69) is 45.7 Å². The van der Waals surface area contributed by atoms with Crippen molar-refractivity contribution in [3.05, 3.63) is 35.3 Å². The number of rotatable bonds is 5. The van der Waals surface area contributed by atoms with E-state index in [9.17, 15) is 0 Å². The number of thiazole rings is 1. The van der Waals surface area contributed by atoms with Crippen molar-refractivity contribution in [1.29, 1.82) is 0 Å². The smallest absolute Gasteiger partial charge is 0.185 e. The standard InChI is InChI=1S/C19H28N4OS/c1-19(2)14-22(13-17-12-20-18(25-17)21(3)4)10-11-23(19)15-6-8-16(24-5)9-7-15/h6-9,12H,10-11,13-14H2,1-5H3. The van der Waals surface area contributed by atoms with Crippen molar-refractivity contribution in [2.24, 2.45) is 0 Å². The van der Waals surface area contributed by atoms with E-state index in [0.29, 0.717) is 0 Å². The van der Waals surface area contributed by atoms with Crippen molar-refractivity contribution in [3.63, 3.8) is 0 Å². The summed E-state index contributed by atoms with van der Waals surface area (Å²) >= 11 is 1.78. The predicted octanol–water partition coefficient (Wildman–Crippen LogP) is 3.32. The zero-order valence-electron chi connectivity index (χ0n) is 15.8. The van der Waals surface area contributed by atoms with Crippen LogP contribution in [-0.4, -0.2) is 56.3 Å². The number of methoxy groups -OCH3 is 1. The van der Waals surface area contributed by atoms with Gasteiger partial charge in [0.15, 0.2) is 5.13 Å². The van der Waals surface area contributed by atoms with Crippen LogP contribution in [0.15, 0.2) is 30.5 Å². The summed E-state index contributed by atoms with van der Waals surface area (Å²) in [6.45, 7) is 8.74. The molecule has 0 N–H and O–H groups in total. The second kappa shape index (κ2) is 7.22. The Morgan fingerprint density at radius 1 is 1.20 bits per heavy atom. The van der Waals surface area contributed by atoms with Crippen molar-refractivity contribution >= 4 is 22.2 Å². The first-order chi connectivity index (χ1) is 11.9. The monoisotopic (exact) mass is 360 g/mol. The van der Waals surface area contributed by atoms with Crippen LogP contribution >= 0.6 is 11.3 Å². The molecule has 1 aliphatic rings. The Balaban J connectivity index is 1.66. The van der Waals surface area contributed by atoms with Gasteiger partial charge in [0.2, 0.25) is 0 Å². The maximum Gasteiger partial charge on any atom is 0.185 e. The summed E-state index contributed by atoms with van der Waals surface area (Å²) in [6, 6.07) is 8.39. The fourth-order valence-corrected chi connectivity index (χ4v) is 4.30. The lowest BCUT2D eigenvalue weighted by atomic mass is 9.97. The van der Waals surface area contributed by atoms with E-state index in [1.807, 2.05) is 32.4 Å². The minimum atomic E-state index is 0.0852. The Morgan fingerprint density at radius 3 is 2.48 bits per heavy atom. The minimum absolute atomic E-state index is 0.0852. The Morgan fingerprint density at radius 2 is 1.92 bits per heavy atom. The molecule has 136 valence electrons. The van der Waals surface area contributed by atoms with Crippen LogP contribution in [0.1, 0.15) is 18.7 Å². The molecule has 0 saturated carbocycles. The van der Waals surface area contributed by atoms with Crippen molar-refractivity contribution in [3.8, 4) is 5.75 Å². The molecule has 0 bridgehead atoms. The Kier molecular flexibility index (Phi) is 5.20. The third kappa shape index (κ3) is 4.07. The molecule has 2 heterocycles. The van der Waals surface area contributed by atoms with E-state index >= 15 is 0 Å². The van der Waals surface area contributed by atoms with Crippen LogP contribution in [0.5, 0.6) is 5.75 Å². The lowest BCUT2D eigenvalue weighted by Gasteiger charge is -2.48. The lowest BCUT2D eigenvalue weighted by Crippen LogP contribution is -2.59. The second-order valence-corrected chi connectivity index (χ2v) is 8.47. The van der Waals surface area contributed by atoms with Gasteiger partial charge in [-0.3, -0.25) is 4.90 Å². The number of benzene rings is 1. The maximum absolute atomic E-state index is 5.28. The van der Waals surface area contributed by atoms with Gasteiger partial charge in [0.1, 0.15) is 5.75 Å². The Labute approximate surface area is 154 Å². The predicted molar refractivity (Wildman–Crippen MR) is 106 cm³/mol. The SMILES string of the molecule is COc1ccc(N2CCN(Cc3cnc(N(C)C)s3)CC2(C)C)cc1. The number of nitrogens with zero attached hydrogens (tertiary/aromatic N) is 4. The molecule has 0 spiro atoms. The molecule has 1 fully saturated rings. The van der Waals surface area contributed by atoms with Crippen molar-refractivity contribution in [2.45, 2.75) is 25.9 Å². The minimum Gasteiger partial charge on any atom is -0.497 e. The summed E-state index contributed by atoms with van der Waals surface area (Å²) in [5.74, 6) is 0.905. The average molecular weight is 361 g/mol. The average Bonchev–Trinajstić information content (AvgIpc) is 3.03. The molecule has 25 heavy (non-hydrogen) atoms. The molecule has 1 aromatic carbocycles. The molecule has 2 aromatic rings. The first kappa shape index (κ1) is 18.0. The normalized spacial score (nSPS) is 17.6. The van der Waals surface area contributed by atoms with Gasteiger partial charge < -0.3 is 14.5 Å². The summed E-state index contributed by atoms with van der Waals surface area (Å²) in [5, 5.41) is 1.08. The number of hydrogen-bond donors (Lipinski definition) is 0. The zero-order valence-corrected chi connectivity index (χ0v) is 16.6. The molecule has 1 aliphatic heterocycles. The van der Waals surface area contributed by atoms with Crippen molar-refractivity contribution in [2.75, 3.05) is 50.6 Å². The fraction of sp³-hybridized carbons (Fsp3) is 0.526. The van der Waals surface area contributed by atoms with Crippen LogP contribution in [0, 0.1) is 0 Å². The number of anilines is 2. The highest BCUT2D eigenvalue weighted by Crippen LogP contribution is 2.30. The van der Waals surface area contributed by atoms with Gasteiger partial charge in [-0.1, -0.05) is 0 Å². The highest BCUT2D eigenvalue weighted by atomic mass is 32.1. The summed E-state index contributed by atoms with van der Waals surface area (Å²) < 4.78 is 5.28. The second-order valence-electron chi connectivity index (χ2n) is 7.38. The van der Waals surface area contributed by atoms with Gasteiger partial charge in [-0.2, -0.15) is 0 Å². The Hall–Kier alpha value is -1.79. The van der Waals surface area contributed by atoms with E-state index in [0.717, 1.165) is 37.1 Å². The molecule has 0 amide bonds. The zero-order chi connectivity index (χ0) is 18.0. The topological polar surface area (TPSA) is 31.8 Å². The maximum atomic E-state index is 5.28. The summed E-state index contributed by atoms with van der Waals surface area (Å²) in [6.07, 6.45) is 2.02. The number of hydrogen-bond acceptors (Lipinski definition) is 6. The summed E-state index contributed by atoms with van der Waals surface area (Å²) in [7, 11) is 5.79. The van der Waals surface area contributed by atoms with Crippen LogP contribution in [0.25, 0.3) is 0 Å². The van der Waals surface area contributed by atoms with Crippen LogP contribution < -0.4 is 14.5 Å². The van der Waals surface area contributed by atoms with Gasteiger partial charge in [-0.25, -0.2) is 4.98 Å². The van der Waals surface area contributed by atoms with Crippen LogP contribution in [-0.2, 0) is 6.54 Å². The van der Waals surface area contributed by atoms with Gasteiger partial charge in [-0.15, -0.1) is 11.3 Å². The van der Waals surface area contributed by atoms with Gasteiger partial charge in [-0.05, 0) is 38.1 Å². The highest BCUT2D eigenvalue weighted by molar-refractivity contribution is 7.15. The quantitative estimate of drug-likeness (QED) is 0.817. The third-order valence-corrected chi connectivity index (χ3v) is 5.82. The lowest BCUT2D eigenvalue weighted by molar-refractivity contribution is 0.177. The Bertz CT molecular complexity index is 696. The molecule has 0 unspecified atom stereocenters. The third-order valence-electron chi connectivity index (χ3n) is 4.67. The van der Waals surface area contributed by atoms with Crippen LogP contribution in [0.4, 0.5) is 10.8 Å². The molecule has 1 saturated heterocycles. The number of aromatic nitrogens is 1. The van der Waals surface area contributed by atoms with Crippen molar-refractivity contribution < 1.29 is 4.74 Å². The molecule has 5 nitrogen and oxygen atoms in total. The van der Waals surface area contributed by atoms with Crippen LogP contribution in [0.3, 0.4) is 0 Å². The number of piperazine rings is 1. The molecule has 3 rings (SSSR count). The molecule has 6 heteroatoms. The largest absolute Gasteiger partial charge is 0.497 e. The van der Waals surface area contributed by atoms with Gasteiger partial charge in [0.25, 0.3) is 0 Å². The van der Waals surface area contributed by atoms with E-state index < -0.39 is 0 Å². The van der Waals surface area contributed by atoms with Crippen LogP contribution in [0.2, 0.25) is 0 Å². The molecular weight excluding hydrogens is 332 g/mol. The van der Waals surface area contributed by atoms with Crippen molar-refractivity contribution in [1.82, 2.24) is 9.88 Å².